The van der Waals surface area contributed by atoms with Crippen molar-refractivity contribution in [1.29, 1.82) is 5.26 Å². The monoisotopic (exact) mass is 239 g/mol. The van der Waals surface area contributed by atoms with Crippen LogP contribution in [-0.4, -0.2) is 36.5 Å². The Hall–Kier alpha value is -1.08. The molecule has 0 fully saturated rings. The molecule has 0 radical (unpaired) electrons. The normalized spacial score (nSPS) is 16.1. The van der Waals surface area contributed by atoms with Crippen molar-refractivity contribution in [3.63, 3.8) is 0 Å². The van der Waals surface area contributed by atoms with E-state index in [4.69, 9.17) is 5.26 Å². The van der Waals surface area contributed by atoms with E-state index in [1.54, 1.807) is 6.92 Å². The third kappa shape index (κ3) is 4.74. The van der Waals surface area contributed by atoms with Crippen molar-refractivity contribution >= 4 is 5.91 Å². The first kappa shape index (κ1) is 15.9. The first-order chi connectivity index (χ1) is 7.93. The number of carbonyl (C=O) groups excluding carboxylic acids is 1. The third-order valence-electron chi connectivity index (χ3n) is 3.26. The van der Waals surface area contributed by atoms with Gasteiger partial charge in [0.15, 0.2) is 0 Å². The molecule has 17 heavy (non-hydrogen) atoms. The quantitative estimate of drug-likeness (QED) is 0.736. The number of carbonyl (C=O) groups is 1. The van der Waals surface area contributed by atoms with Crippen molar-refractivity contribution < 1.29 is 4.79 Å². The molecule has 0 aliphatic heterocycles. The van der Waals surface area contributed by atoms with Gasteiger partial charge in [0.1, 0.15) is 5.41 Å². The second kappa shape index (κ2) is 7.29. The van der Waals surface area contributed by atoms with Crippen molar-refractivity contribution in [2.45, 2.75) is 47.1 Å². The van der Waals surface area contributed by atoms with Crippen LogP contribution < -0.4 is 5.32 Å². The van der Waals surface area contributed by atoms with Gasteiger partial charge < -0.3 is 10.2 Å². The van der Waals surface area contributed by atoms with Crippen LogP contribution in [0.25, 0.3) is 0 Å². The zero-order chi connectivity index (χ0) is 13.5. The van der Waals surface area contributed by atoms with Gasteiger partial charge in [-0.1, -0.05) is 20.8 Å². The molecule has 0 aliphatic rings. The van der Waals surface area contributed by atoms with Gasteiger partial charge >= 0.3 is 0 Å². The summed E-state index contributed by atoms with van der Waals surface area (Å²) >= 11 is 0. The van der Waals surface area contributed by atoms with Crippen LogP contribution >= 0.6 is 0 Å². The van der Waals surface area contributed by atoms with Gasteiger partial charge in [-0.05, 0) is 33.4 Å². The van der Waals surface area contributed by atoms with E-state index in [1.165, 1.54) is 0 Å². The van der Waals surface area contributed by atoms with Gasteiger partial charge in [-0.25, -0.2) is 0 Å². The zero-order valence-electron chi connectivity index (χ0n) is 11.7. The largest absolute Gasteiger partial charge is 0.351 e. The maximum Gasteiger partial charge on any atom is 0.240 e. The molecule has 0 saturated carbocycles. The van der Waals surface area contributed by atoms with Crippen molar-refractivity contribution in [3.05, 3.63) is 0 Å². The molecule has 0 bridgehead atoms. The second-order valence-electron chi connectivity index (χ2n) is 4.66. The Labute approximate surface area is 105 Å². The Morgan fingerprint density at radius 2 is 1.94 bits per heavy atom. The summed E-state index contributed by atoms with van der Waals surface area (Å²) in [6, 6.07) is 2.16. The van der Waals surface area contributed by atoms with Gasteiger partial charge in [0, 0.05) is 12.6 Å². The minimum absolute atomic E-state index is 0.0709. The predicted octanol–water partition coefficient (Wildman–Crippen LogP) is 1.77. The van der Waals surface area contributed by atoms with Crippen LogP contribution in [0.1, 0.15) is 41.0 Å². The maximum atomic E-state index is 11.9. The van der Waals surface area contributed by atoms with Crippen LogP contribution in [0.2, 0.25) is 0 Å². The van der Waals surface area contributed by atoms with E-state index in [0.717, 1.165) is 19.6 Å². The minimum Gasteiger partial charge on any atom is -0.351 e. The molecule has 1 amide bonds. The summed E-state index contributed by atoms with van der Waals surface area (Å²) in [5.74, 6) is -0.165. The summed E-state index contributed by atoms with van der Waals surface area (Å²) in [4.78, 5) is 14.2. The summed E-state index contributed by atoms with van der Waals surface area (Å²) in [7, 11) is 0. The van der Waals surface area contributed by atoms with Gasteiger partial charge in [0.05, 0.1) is 6.07 Å². The van der Waals surface area contributed by atoms with E-state index < -0.39 is 5.41 Å². The molecular formula is C13H25N3O. The molecule has 98 valence electrons. The van der Waals surface area contributed by atoms with Crippen LogP contribution in [0.3, 0.4) is 0 Å². The summed E-state index contributed by atoms with van der Waals surface area (Å²) in [5, 5.41) is 11.9. The van der Waals surface area contributed by atoms with Gasteiger partial charge in [0.2, 0.25) is 5.91 Å². The lowest BCUT2D eigenvalue weighted by atomic mass is 9.88. The molecule has 4 heteroatoms. The lowest BCUT2D eigenvalue weighted by Gasteiger charge is -2.26. The van der Waals surface area contributed by atoms with Gasteiger partial charge in [-0.3, -0.25) is 4.79 Å². The molecule has 4 nitrogen and oxygen atoms in total. The number of hydrogen-bond acceptors (Lipinski definition) is 3. The highest BCUT2D eigenvalue weighted by atomic mass is 16.2. The van der Waals surface area contributed by atoms with Gasteiger partial charge in [-0.2, -0.15) is 5.26 Å². The first-order valence-electron chi connectivity index (χ1n) is 6.38. The van der Waals surface area contributed by atoms with E-state index in [9.17, 15) is 4.79 Å². The fourth-order valence-corrected chi connectivity index (χ4v) is 1.59. The summed E-state index contributed by atoms with van der Waals surface area (Å²) in [5.41, 5.74) is -0.905. The molecule has 1 N–H and O–H groups in total. The number of rotatable bonds is 7. The van der Waals surface area contributed by atoms with Crippen molar-refractivity contribution in [1.82, 2.24) is 10.2 Å². The van der Waals surface area contributed by atoms with Crippen LogP contribution in [0.5, 0.6) is 0 Å². The van der Waals surface area contributed by atoms with Crippen molar-refractivity contribution in [2.75, 3.05) is 19.6 Å². The molecule has 0 spiro atoms. The van der Waals surface area contributed by atoms with Crippen LogP contribution in [0, 0.1) is 16.7 Å². The summed E-state index contributed by atoms with van der Waals surface area (Å²) < 4.78 is 0. The first-order valence-corrected chi connectivity index (χ1v) is 6.38. The topological polar surface area (TPSA) is 56.1 Å². The highest BCUT2D eigenvalue weighted by Gasteiger charge is 2.31. The molecule has 0 rings (SSSR count). The highest BCUT2D eigenvalue weighted by molar-refractivity contribution is 5.85. The number of hydrogen-bond donors (Lipinski definition) is 1. The van der Waals surface area contributed by atoms with Crippen LogP contribution in [0.15, 0.2) is 0 Å². The minimum atomic E-state index is -0.905. The molecule has 0 aromatic rings. The number of likely N-dealkylation sites (N-methyl/N-ethyl adjacent to an activating group) is 1. The molecule has 0 aliphatic carbocycles. The third-order valence-corrected chi connectivity index (χ3v) is 3.26. The van der Waals surface area contributed by atoms with Gasteiger partial charge in [-0.15, -0.1) is 0 Å². The Morgan fingerprint density at radius 1 is 1.41 bits per heavy atom. The second-order valence-corrected chi connectivity index (χ2v) is 4.66. The Kier molecular flexibility index (Phi) is 6.82. The van der Waals surface area contributed by atoms with Gasteiger partial charge in [0.25, 0.3) is 0 Å². The van der Waals surface area contributed by atoms with Crippen molar-refractivity contribution in [2.24, 2.45) is 5.41 Å². The fourth-order valence-electron chi connectivity index (χ4n) is 1.59. The molecule has 2 atom stereocenters. The summed E-state index contributed by atoms with van der Waals surface area (Å²) in [6.07, 6.45) is 0.535. The lowest BCUT2D eigenvalue weighted by molar-refractivity contribution is -0.128. The molecule has 0 aromatic carbocycles. The Morgan fingerprint density at radius 3 is 2.29 bits per heavy atom. The van der Waals surface area contributed by atoms with E-state index in [2.05, 4.69) is 30.1 Å². The van der Waals surface area contributed by atoms with Crippen molar-refractivity contribution in [3.8, 4) is 6.07 Å². The van der Waals surface area contributed by atoms with E-state index in [0.29, 0.717) is 6.42 Å². The SMILES string of the molecule is CCN(CC)CC(C)NC(=O)C(C)(C#N)CC. The van der Waals surface area contributed by atoms with Crippen LogP contribution in [-0.2, 0) is 4.79 Å². The highest BCUT2D eigenvalue weighted by Crippen LogP contribution is 2.19. The average molecular weight is 239 g/mol. The molecule has 2 unspecified atom stereocenters. The standard InChI is InChI=1S/C13H25N3O/c1-6-13(5,10-14)12(17)15-11(4)9-16(7-2)8-3/h11H,6-9H2,1-5H3,(H,15,17). The van der Waals surface area contributed by atoms with E-state index in [-0.39, 0.29) is 11.9 Å². The number of amides is 1. The molecule has 0 aromatic heterocycles. The molecular weight excluding hydrogens is 214 g/mol. The smallest absolute Gasteiger partial charge is 0.240 e. The number of nitrogens with zero attached hydrogens (tertiary/aromatic N) is 2. The summed E-state index contributed by atoms with van der Waals surface area (Å²) in [6.45, 7) is 12.5. The number of nitriles is 1. The fraction of sp³-hybridized carbons (Fsp3) is 0.846. The Balaban J connectivity index is 4.35. The van der Waals surface area contributed by atoms with E-state index >= 15 is 0 Å². The zero-order valence-corrected chi connectivity index (χ0v) is 11.7. The van der Waals surface area contributed by atoms with Crippen LogP contribution in [0.4, 0.5) is 0 Å². The maximum absolute atomic E-state index is 11.9. The number of nitrogens with one attached hydrogen (secondary N) is 1. The average Bonchev–Trinajstić information content (AvgIpc) is 2.34. The predicted molar refractivity (Wildman–Crippen MR) is 69.4 cm³/mol. The lowest BCUT2D eigenvalue weighted by Crippen LogP contribution is -2.47. The Bertz CT molecular complexity index is 281. The molecule has 0 heterocycles. The molecule has 0 saturated heterocycles. The van der Waals surface area contributed by atoms with E-state index in [1.807, 2.05) is 13.8 Å².